The molecule has 1 amide bonds. The third kappa shape index (κ3) is 3.93. The molecule has 0 aromatic heterocycles. The summed E-state index contributed by atoms with van der Waals surface area (Å²) in [7, 11) is 0. The number of nitrogens with zero attached hydrogens (tertiary/aromatic N) is 1. The standard InChI is InChI=1S/C17H20N2O/c1-2-18-13-17(20)19(16-11-7-4-8-12-16)14-15-9-5-3-6-10-15/h3-12,18H,2,13-14H2,1H3. The molecule has 3 nitrogen and oxygen atoms in total. The van der Waals surface area contributed by atoms with Crippen LogP contribution in [0.25, 0.3) is 0 Å². The van der Waals surface area contributed by atoms with E-state index in [0.717, 1.165) is 17.8 Å². The van der Waals surface area contributed by atoms with E-state index in [1.807, 2.05) is 72.5 Å². The molecule has 1 N–H and O–H groups in total. The predicted molar refractivity (Wildman–Crippen MR) is 82.6 cm³/mol. The van der Waals surface area contributed by atoms with Crippen molar-refractivity contribution in [2.45, 2.75) is 13.5 Å². The average Bonchev–Trinajstić information content (AvgIpc) is 2.52. The molecule has 0 fully saturated rings. The molecule has 0 aliphatic rings. The van der Waals surface area contributed by atoms with E-state index >= 15 is 0 Å². The van der Waals surface area contributed by atoms with Gasteiger partial charge in [0.1, 0.15) is 0 Å². The summed E-state index contributed by atoms with van der Waals surface area (Å²) in [5, 5.41) is 3.09. The molecule has 0 bridgehead atoms. The minimum atomic E-state index is 0.0851. The molecule has 0 atom stereocenters. The Hall–Kier alpha value is -2.13. The Kier molecular flexibility index (Phi) is 5.33. The number of carbonyl (C=O) groups is 1. The summed E-state index contributed by atoms with van der Waals surface area (Å²) in [5.74, 6) is 0.0851. The summed E-state index contributed by atoms with van der Waals surface area (Å²) >= 11 is 0. The minimum Gasteiger partial charge on any atom is -0.309 e. The van der Waals surface area contributed by atoms with Gasteiger partial charge in [-0.05, 0) is 24.2 Å². The van der Waals surface area contributed by atoms with E-state index in [9.17, 15) is 4.79 Å². The van der Waals surface area contributed by atoms with E-state index in [2.05, 4.69) is 5.32 Å². The van der Waals surface area contributed by atoms with Gasteiger partial charge in [0.05, 0.1) is 13.1 Å². The smallest absolute Gasteiger partial charge is 0.241 e. The molecule has 0 aliphatic carbocycles. The number of anilines is 1. The Morgan fingerprint density at radius 3 is 2.20 bits per heavy atom. The summed E-state index contributed by atoms with van der Waals surface area (Å²) in [5.41, 5.74) is 2.06. The number of carbonyl (C=O) groups excluding carboxylic acids is 1. The van der Waals surface area contributed by atoms with Crippen molar-refractivity contribution in [1.82, 2.24) is 5.32 Å². The fourth-order valence-corrected chi connectivity index (χ4v) is 2.02. The van der Waals surface area contributed by atoms with Crippen molar-refractivity contribution in [2.75, 3.05) is 18.0 Å². The lowest BCUT2D eigenvalue weighted by atomic mass is 10.2. The summed E-state index contributed by atoms with van der Waals surface area (Å²) in [6, 6.07) is 19.8. The molecule has 0 heterocycles. The topological polar surface area (TPSA) is 32.3 Å². The Morgan fingerprint density at radius 2 is 1.60 bits per heavy atom. The zero-order chi connectivity index (χ0) is 14.2. The van der Waals surface area contributed by atoms with Gasteiger partial charge >= 0.3 is 0 Å². The van der Waals surface area contributed by atoms with Crippen LogP contribution in [0.2, 0.25) is 0 Å². The highest BCUT2D eigenvalue weighted by atomic mass is 16.2. The molecule has 0 aliphatic heterocycles. The first-order valence-corrected chi connectivity index (χ1v) is 6.91. The third-order valence-corrected chi connectivity index (χ3v) is 3.08. The van der Waals surface area contributed by atoms with Gasteiger partial charge in [0.25, 0.3) is 0 Å². The van der Waals surface area contributed by atoms with Crippen molar-refractivity contribution >= 4 is 11.6 Å². The van der Waals surface area contributed by atoms with Crippen LogP contribution in [0.1, 0.15) is 12.5 Å². The highest BCUT2D eigenvalue weighted by Crippen LogP contribution is 2.16. The highest BCUT2D eigenvalue weighted by molar-refractivity contribution is 5.94. The Morgan fingerprint density at radius 1 is 1.00 bits per heavy atom. The maximum Gasteiger partial charge on any atom is 0.241 e. The molecule has 2 rings (SSSR count). The number of rotatable bonds is 6. The number of amides is 1. The van der Waals surface area contributed by atoms with E-state index in [0.29, 0.717) is 13.1 Å². The van der Waals surface area contributed by atoms with Gasteiger partial charge in [-0.1, -0.05) is 55.5 Å². The molecule has 0 radical (unpaired) electrons. The Balaban J connectivity index is 2.18. The lowest BCUT2D eigenvalue weighted by molar-refractivity contribution is -0.117. The van der Waals surface area contributed by atoms with Crippen LogP contribution in [0, 0.1) is 0 Å². The van der Waals surface area contributed by atoms with Crippen molar-refractivity contribution < 1.29 is 4.79 Å². The molecular formula is C17H20N2O. The summed E-state index contributed by atoms with van der Waals surface area (Å²) in [6.45, 7) is 3.74. The van der Waals surface area contributed by atoms with Crippen LogP contribution in [0.3, 0.4) is 0 Å². The summed E-state index contributed by atoms with van der Waals surface area (Å²) in [4.78, 5) is 14.2. The zero-order valence-electron chi connectivity index (χ0n) is 11.8. The van der Waals surface area contributed by atoms with E-state index in [4.69, 9.17) is 0 Å². The first-order chi connectivity index (χ1) is 9.81. The molecule has 20 heavy (non-hydrogen) atoms. The van der Waals surface area contributed by atoms with Crippen molar-refractivity contribution in [1.29, 1.82) is 0 Å². The van der Waals surface area contributed by atoms with Crippen molar-refractivity contribution in [3.05, 3.63) is 66.2 Å². The summed E-state index contributed by atoms with van der Waals surface area (Å²) in [6.07, 6.45) is 0. The molecule has 2 aromatic rings. The van der Waals surface area contributed by atoms with Crippen LogP contribution in [-0.4, -0.2) is 19.0 Å². The predicted octanol–water partition coefficient (Wildman–Crippen LogP) is 2.83. The molecular weight excluding hydrogens is 248 g/mol. The third-order valence-electron chi connectivity index (χ3n) is 3.08. The van der Waals surface area contributed by atoms with E-state index < -0.39 is 0 Å². The van der Waals surface area contributed by atoms with Crippen molar-refractivity contribution in [2.24, 2.45) is 0 Å². The molecule has 2 aromatic carbocycles. The molecule has 3 heteroatoms. The van der Waals surface area contributed by atoms with Crippen LogP contribution >= 0.6 is 0 Å². The number of likely N-dealkylation sites (N-methyl/N-ethyl adjacent to an activating group) is 1. The number of nitrogens with one attached hydrogen (secondary N) is 1. The fraction of sp³-hybridized carbons (Fsp3) is 0.235. The number of para-hydroxylation sites is 1. The first-order valence-electron chi connectivity index (χ1n) is 6.91. The maximum absolute atomic E-state index is 12.4. The number of benzene rings is 2. The average molecular weight is 268 g/mol. The van der Waals surface area contributed by atoms with E-state index in [-0.39, 0.29) is 5.91 Å². The monoisotopic (exact) mass is 268 g/mol. The number of hydrogen-bond acceptors (Lipinski definition) is 2. The maximum atomic E-state index is 12.4. The molecule has 0 unspecified atom stereocenters. The molecule has 0 spiro atoms. The fourth-order valence-electron chi connectivity index (χ4n) is 2.02. The van der Waals surface area contributed by atoms with Crippen molar-refractivity contribution in [3.8, 4) is 0 Å². The largest absolute Gasteiger partial charge is 0.309 e. The van der Waals surface area contributed by atoms with Gasteiger partial charge in [0.2, 0.25) is 5.91 Å². The second kappa shape index (κ2) is 7.46. The van der Waals surface area contributed by atoms with Gasteiger partial charge < -0.3 is 10.2 Å². The van der Waals surface area contributed by atoms with Gasteiger partial charge in [-0.3, -0.25) is 4.79 Å². The first kappa shape index (κ1) is 14.3. The molecule has 104 valence electrons. The quantitative estimate of drug-likeness (QED) is 0.873. The van der Waals surface area contributed by atoms with E-state index in [1.165, 1.54) is 0 Å². The zero-order valence-corrected chi connectivity index (χ0v) is 11.8. The van der Waals surface area contributed by atoms with Gasteiger partial charge in [-0.2, -0.15) is 0 Å². The van der Waals surface area contributed by atoms with Gasteiger partial charge in [0, 0.05) is 5.69 Å². The normalized spacial score (nSPS) is 10.2. The van der Waals surface area contributed by atoms with Gasteiger partial charge in [-0.15, -0.1) is 0 Å². The molecule has 0 saturated heterocycles. The SMILES string of the molecule is CCNCC(=O)N(Cc1ccccc1)c1ccccc1. The van der Waals surface area contributed by atoms with Gasteiger partial charge in [-0.25, -0.2) is 0 Å². The lowest BCUT2D eigenvalue weighted by Crippen LogP contribution is -2.37. The Labute approximate surface area is 120 Å². The Bertz CT molecular complexity index is 525. The van der Waals surface area contributed by atoms with Crippen LogP contribution in [0.4, 0.5) is 5.69 Å². The second-order valence-electron chi connectivity index (χ2n) is 4.58. The minimum absolute atomic E-state index is 0.0851. The van der Waals surface area contributed by atoms with Crippen LogP contribution in [-0.2, 0) is 11.3 Å². The van der Waals surface area contributed by atoms with Crippen LogP contribution in [0.5, 0.6) is 0 Å². The highest BCUT2D eigenvalue weighted by Gasteiger charge is 2.15. The second-order valence-corrected chi connectivity index (χ2v) is 4.58. The lowest BCUT2D eigenvalue weighted by Gasteiger charge is -2.23. The van der Waals surface area contributed by atoms with Crippen molar-refractivity contribution in [3.63, 3.8) is 0 Å². The summed E-state index contributed by atoms with van der Waals surface area (Å²) < 4.78 is 0. The van der Waals surface area contributed by atoms with Crippen LogP contribution in [0.15, 0.2) is 60.7 Å². The molecule has 0 saturated carbocycles. The van der Waals surface area contributed by atoms with Crippen LogP contribution < -0.4 is 10.2 Å². The number of hydrogen-bond donors (Lipinski definition) is 1. The van der Waals surface area contributed by atoms with E-state index in [1.54, 1.807) is 0 Å². The van der Waals surface area contributed by atoms with Gasteiger partial charge in [0.15, 0.2) is 0 Å².